The lowest BCUT2D eigenvalue weighted by Crippen LogP contribution is -2.37. The Morgan fingerprint density at radius 2 is 2.21 bits per heavy atom. The number of nitrogens with one attached hydrogen (secondary N) is 1. The van der Waals surface area contributed by atoms with Crippen LogP contribution in [0.1, 0.15) is 18.4 Å². The molecule has 6 nitrogen and oxygen atoms in total. The standard InChI is InChI=1S/C13H18N2O4/c1-19-10-4-2-3-9(7-10)8-15-11(13(17)18)5-6-12(14)16/h2-4,7,11,15H,5-6,8H2,1H3,(H2,14,16)(H,17,18)/t11-/m0/s1. The first-order chi connectivity index (χ1) is 9.02. The summed E-state index contributed by atoms with van der Waals surface area (Å²) < 4.78 is 5.08. The van der Waals surface area contributed by atoms with Crippen molar-refractivity contribution in [2.45, 2.75) is 25.4 Å². The number of primary amides is 1. The van der Waals surface area contributed by atoms with Gasteiger partial charge in [-0.25, -0.2) is 0 Å². The van der Waals surface area contributed by atoms with Crippen molar-refractivity contribution in [2.24, 2.45) is 5.73 Å². The van der Waals surface area contributed by atoms with Crippen LogP contribution in [0, 0.1) is 0 Å². The highest BCUT2D eigenvalue weighted by atomic mass is 16.5. The zero-order valence-corrected chi connectivity index (χ0v) is 10.8. The Morgan fingerprint density at radius 3 is 2.79 bits per heavy atom. The number of benzene rings is 1. The smallest absolute Gasteiger partial charge is 0.320 e. The summed E-state index contributed by atoms with van der Waals surface area (Å²) in [6.07, 6.45) is 0.219. The fourth-order valence-electron chi connectivity index (χ4n) is 1.62. The van der Waals surface area contributed by atoms with Crippen LogP contribution in [0.2, 0.25) is 0 Å². The summed E-state index contributed by atoms with van der Waals surface area (Å²) in [5, 5.41) is 11.9. The molecule has 0 unspecified atom stereocenters. The van der Waals surface area contributed by atoms with Crippen LogP contribution in [0.15, 0.2) is 24.3 Å². The van der Waals surface area contributed by atoms with Gasteiger partial charge in [0.25, 0.3) is 0 Å². The van der Waals surface area contributed by atoms with E-state index in [4.69, 9.17) is 15.6 Å². The lowest BCUT2D eigenvalue weighted by atomic mass is 10.1. The Kier molecular flexibility index (Phi) is 5.81. The predicted octanol–water partition coefficient (Wildman–Crippen LogP) is 0.504. The lowest BCUT2D eigenvalue weighted by molar-refractivity contribution is -0.139. The van der Waals surface area contributed by atoms with Gasteiger partial charge >= 0.3 is 5.97 Å². The van der Waals surface area contributed by atoms with Gasteiger partial charge in [-0.05, 0) is 24.1 Å². The maximum absolute atomic E-state index is 11.0. The number of carbonyl (C=O) groups excluding carboxylic acids is 1. The zero-order valence-electron chi connectivity index (χ0n) is 10.8. The molecule has 0 radical (unpaired) electrons. The molecular formula is C13H18N2O4. The number of hydrogen-bond acceptors (Lipinski definition) is 4. The number of hydrogen-bond donors (Lipinski definition) is 3. The first-order valence-corrected chi connectivity index (χ1v) is 5.90. The van der Waals surface area contributed by atoms with E-state index in [-0.39, 0.29) is 12.8 Å². The van der Waals surface area contributed by atoms with Crippen molar-refractivity contribution < 1.29 is 19.4 Å². The summed E-state index contributed by atoms with van der Waals surface area (Å²) in [6.45, 7) is 0.382. The molecule has 6 heteroatoms. The van der Waals surface area contributed by atoms with Crippen LogP contribution < -0.4 is 15.8 Å². The molecule has 0 aliphatic rings. The molecule has 1 atom stereocenters. The lowest BCUT2D eigenvalue weighted by Gasteiger charge is -2.14. The van der Waals surface area contributed by atoms with E-state index in [1.54, 1.807) is 7.11 Å². The van der Waals surface area contributed by atoms with Gasteiger partial charge < -0.3 is 20.9 Å². The average Bonchev–Trinajstić information content (AvgIpc) is 2.38. The summed E-state index contributed by atoms with van der Waals surface area (Å²) in [5.41, 5.74) is 5.92. The van der Waals surface area contributed by atoms with Crippen molar-refractivity contribution in [1.29, 1.82) is 0 Å². The maximum atomic E-state index is 11.0. The molecule has 0 aromatic heterocycles. The molecule has 104 valence electrons. The summed E-state index contributed by atoms with van der Waals surface area (Å²) in [5.74, 6) is -0.790. The molecule has 19 heavy (non-hydrogen) atoms. The SMILES string of the molecule is COc1cccc(CN[C@@H](CCC(N)=O)C(=O)O)c1. The normalized spacial score (nSPS) is 11.8. The molecule has 1 rings (SSSR count). The topological polar surface area (TPSA) is 102 Å². The predicted molar refractivity (Wildman–Crippen MR) is 69.7 cm³/mol. The third kappa shape index (κ3) is 5.39. The van der Waals surface area contributed by atoms with E-state index >= 15 is 0 Å². The molecule has 1 amide bonds. The number of methoxy groups -OCH3 is 1. The fraction of sp³-hybridized carbons (Fsp3) is 0.385. The molecule has 0 aliphatic carbocycles. The minimum atomic E-state index is -0.996. The monoisotopic (exact) mass is 266 g/mol. The van der Waals surface area contributed by atoms with Crippen LogP contribution in [-0.4, -0.2) is 30.1 Å². The maximum Gasteiger partial charge on any atom is 0.320 e. The Bertz CT molecular complexity index is 448. The second kappa shape index (κ2) is 7.38. The van der Waals surface area contributed by atoms with Crippen molar-refractivity contribution in [2.75, 3.05) is 7.11 Å². The number of carbonyl (C=O) groups is 2. The van der Waals surface area contributed by atoms with Crippen LogP contribution in [-0.2, 0) is 16.1 Å². The van der Waals surface area contributed by atoms with Crippen molar-refractivity contribution in [3.05, 3.63) is 29.8 Å². The number of nitrogens with two attached hydrogens (primary N) is 1. The van der Waals surface area contributed by atoms with Crippen LogP contribution in [0.3, 0.4) is 0 Å². The van der Waals surface area contributed by atoms with Gasteiger partial charge in [-0.2, -0.15) is 0 Å². The van der Waals surface area contributed by atoms with E-state index in [0.717, 1.165) is 5.56 Å². The Morgan fingerprint density at radius 1 is 1.47 bits per heavy atom. The third-order valence-corrected chi connectivity index (χ3v) is 2.66. The van der Waals surface area contributed by atoms with Crippen LogP contribution >= 0.6 is 0 Å². The van der Waals surface area contributed by atoms with Crippen molar-refractivity contribution in [1.82, 2.24) is 5.32 Å². The average molecular weight is 266 g/mol. The number of carboxylic acid groups (broad SMARTS) is 1. The summed E-state index contributed by atoms with van der Waals surface area (Å²) in [4.78, 5) is 21.7. The molecular weight excluding hydrogens is 248 g/mol. The number of ether oxygens (including phenoxy) is 1. The summed E-state index contributed by atoms with van der Waals surface area (Å²) >= 11 is 0. The molecule has 0 aliphatic heterocycles. The first kappa shape index (κ1) is 15.0. The number of aliphatic carboxylic acids is 1. The fourth-order valence-corrected chi connectivity index (χ4v) is 1.62. The molecule has 0 saturated carbocycles. The molecule has 0 spiro atoms. The molecule has 0 bridgehead atoms. The molecule has 0 heterocycles. The van der Waals surface area contributed by atoms with Crippen LogP contribution in [0.25, 0.3) is 0 Å². The van der Waals surface area contributed by atoms with Gasteiger partial charge in [-0.15, -0.1) is 0 Å². The van der Waals surface area contributed by atoms with E-state index in [1.165, 1.54) is 0 Å². The van der Waals surface area contributed by atoms with Crippen molar-refractivity contribution in [3.63, 3.8) is 0 Å². The van der Waals surface area contributed by atoms with E-state index in [2.05, 4.69) is 5.32 Å². The highest BCUT2D eigenvalue weighted by Crippen LogP contribution is 2.12. The number of carboxylic acids is 1. The third-order valence-electron chi connectivity index (χ3n) is 2.66. The molecule has 1 aromatic carbocycles. The van der Waals surface area contributed by atoms with Gasteiger partial charge in [0.2, 0.25) is 5.91 Å². The summed E-state index contributed by atoms with van der Waals surface area (Å²) in [7, 11) is 1.57. The van der Waals surface area contributed by atoms with E-state index in [0.29, 0.717) is 12.3 Å². The second-order valence-corrected chi connectivity index (χ2v) is 4.13. The second-order valence-electron chi connectivity index (χ2n) is 4.13. The van der Waals surface area contributed by atoms with Crippen molar-refractivity contribution in [3.8, 4) is 5.75 Å². The molecule has 1 aromatic rings. The van der Waals surface area contributed by atoms with Gasteiger partial charge in [0.05, 0.1) is 7.11 Å². The van der Waals surface area contributed by atoms with Crippen LogP contribution in [0.5, 0.6) is 5.75 Å². The van der Waals surface area contributed by atoms with Crippen molar-refractivity contribution >= 4 is 11.9 Å². The van der Waals surface area contributed by atoms with Gasteiger partial charge in [-0.3, -0.25) is 9.59 Å². The quantitative estimate of drug-likeness (QED) is 0.636. The minimum absolute atomic E-state index is 0.0437. The Hall–Kier alpha value is -2.08. The number of amides is 1. The highest BCUT2D eigenvalue weighted by molar-refractivity contribution is 5.77. The van der Waals surface area contributed by atoms with E-state index in [1.807, 2.05) is 24.3 Å². The minimum Gasteiger partial charge on any atom is -0.497 e. The van der Waals surface area contributed by atoms with E-state index in [9.17, 15) is 9.59 Å². The number of rotatable bonds is 8. The Balaban J connectivity index is 2.55. The zero-order chi connectivity index (χ0) is 14.3. The van der Waals surface area contributed by atoms with Gasteiger partial charge in [0, 0.05) is 13.0 Å². The first-order valence-electron chi connectivity index (χ1n) is 5.90. The molecule has 0 saturated heterocycles. The van der Waals surface area contributed by atoms with Gasteiger partial charge in [0.15, 0.2) is 0 Å². The largest absolute Gasteiger partial charge is 0.497 e. The van der Waals surface area contributed by atoms with Crippen LogP contribution in [0.4, 0.5) is 0 Å². The van der Waals surface area contributed by atoms with Gasteiger partial charge in [0.1, 0.15) is 11.8 Å². The Labute approximate surface area is 111 Å². The van der Waals surface area contributed by atoms with Gasteiger partial charge in [-0.1, -0.05) is 12.1 Å². The van der Waals surface area contributed by atoms with E-state index < -0.39 is 17.9 Å². The summed E-state index contributed by atoms with van der Waals surface area (Å²) in [6, 6.07) is 6.53. The highest BCUT2D eigenvalue weighted by Gasteiger charge is 2.17. The molecule has 4 N–H and O–H groups in total. The molecule has 0 fully saturated rings.